The van der Waals surface area contributed by atoms with E-state index in [4.69, 9.17) is 22.1 Å². The molecule has 2 N–H and O–H groups in total. The first-order chi connectivity index (χ1) is 17.9. The number of amides is 1. The Hall–Kier alpha value is -2.45. The minimum absolute atomic E-state index is 0.0165. The zero-order chi connectivity index (χ0) is 25.8. The molecule has 3 fully saturated rings. The summed E-state index contributed by atoms with van der Waals surface area (Å²) in [6, 6.07) is 5.04. The third-order valence-corrected chi connectivity index (χ3v) is 8.81. The number of hydrogen-bond acceptors (Lipinski definition) is 6. The molecule has 1 amide bonds. The molecular formula is C28H37ClFN5O2. The summed E-state index contributed by atoms with van der Waals surface area (Å²) in [5, 5.41) is 0.548. The molecule has 9 heteroatoms. The lowest BCUT2D eigenvalue weighted by Gasteiger charge is -2.31. The van der Waals surface area contributed by atoms with Crippen molar-refractivity contribution in [1.82, 2.24) is 14.9 Å². The van der Waals surface area contributed by atoms with Crippen molar-refractivity contribution >= 4 is 23.5 Å². The molecule has 5 rings (SSSR count). The molecule has 2 aromatic rings. The van der Waals surface area contributed by atoms with Gasteiger partial charge in [0.25, 0.3) is 0 Å². The molecule has 2 saturated heterocycles. The van der Waals surface area contributed by atoms with Gasteiger partial charge in [-0.1, -0.05) is 24.1 Å². The maximum absolute atomic E-state index is 14.8. The van der Waals surface area contributed by atoms with Gasteiger partial charge in [-0.3, -0.25) is 4.79 Å². The Morgan fingerprint density at radius 3 is 2.65 bits per heavy atom. The average molecular weight is 530 g/mol. The van der Waals surface area contributed by atoms with E-state index in [0.29, 0.717) is 35.4 Å². The van der Waals surface area contributed by atoms with E-state index in [9.17, 15) is 9.18 Å². The van der Waals surface area contributed by atoms with Gasteiger partial charge in [0.05, 0.1) is 30.4 Å². The molecule has 1 aromatic carbocycles. The van der Waals surface area contributed by atoms with Crippen molar-refractivity contribution in [3.05, 3.63) is 47.0 Å². The van der Waals surface area contributed by atoms with E-state index in [0.717, 1.165) is 76.9 Å². The van der Waals surface area contributed by atoms with Crippen LogP contribution >= 0.6 is 11.6 Å². The largest absolute Gasteiger partial charge is 0.493 e. The molecule has 2 unspecified atom stereocenters. The molecular weight excluding hydrogens is 493 g/mol. The van der Waals surface area contributed by atoms with Gasteiger partial charge in [0.2, 0.25) is 11.9 Å². The standard InChI is InChI=1S/C28H37ClFN5O2/c29-22-17-32-27(33-18-22)34-11-7-20(8-12-34)3-2-14-37-23-6-5-21(24(30)16-23)15-26(36)35-13-10-28(19-35)9-1-4-25(28)31/h5-6,16-18,20,25H,1-4,7-15,19,31H2. The molecule has 2 atom stereocenters. The van der Waals surface area contributed by atoms with Crippen molar-refractivity contribution in [2.45, 2.75) is 63.8 Å². The summed E-state index contributed by atoms with van der Waals surface area (Å²) < 4.78 is 20.6. The van der Waals surface area contributed by atoms with Gasteiger partial charge < -0.3 is 20.3 Å². The van der Waals surface area contributed by atoms with Crippen LogP contribution in [0.1, 0.15) is 56.9 Å². The number of nitrogens with two attached hydrogens (primary N) is 1. The fourth-order valence-corrected chi connectivity index (χ4v) is 6.37. The Morgan fingerprint density at radius 2 is 1.95 bits per heavy atom. The molecule has 7 nitrogen and oxygen atoms in total. The highest BCUT2D eigenvalue weighted by atomic mass is 35.5. The second kappa shape index (κ2) is 11.5. The molecule has 2 aliphatic heterocycles. The topological polar surface area (TPSA) is 84.6 Å². The summed E-state index contributed by atoms with van der Waals surface area (Å²) in [4.78, 5) is 25.5. The highest BCUT2D eigenvalue weighted by Gasteiger charge is 2.46. The summed E-state index contributed by atoms with van der Waals surface area (Å²) >= 11 is 5.88. The van der Waals surface area contributed by atoms with E-state index in [1.807, 2.05) is 4.90 Å². The number of ether oxygens (including phenoxy) is 1. The van der Waals surface area contributed by atoms with Crippen molar-refractivity contribution < 1.29 is 13.9 Å². The Balaban J connectivity index is 1.02. The first-order valence-electron chi connectivity index (χ1n) is 13.6. The number of halogens is 2. The Kier molecular flexibility index (Phi) is 8.15. The van der Waals surface area contributed by atoms with Gasteiger partial charge in [0.15, 0.2) is 0 Å². The number of likely N-dealkylation sites (tertiary alicyclic amines) is 1. The quantitative estimate of drug-likeness (QED) is 0.502. The summed E-state index contributed by atoms with van der Waals surface area (Å²) in [7, 11) is 0. The summed E-state index contributed by atoms with van der Waals surface area (Å²) in [6.07, 6.45) is 11.8. The lowest BCUT2D eigenvalue weighted by molar-refractivity contribution is -0.129. The SMILES string of the molecule is NC1CCCC12CCN(C(=O)Cc1ccc(OCCCC3CCN(c4ncc(Cl)cn4)CC3)cc1F)C2. The summed E-state index contributed by atoms with van der Waals surface area (Å²) in [5.41, 5.74) is 6.83. The number of piperidine rings is 1. The van der Waals surface area contributed by atoms with Crippen LogP contribution in [0.2, 0.25) is 5.02 Å². The normalized spacial score (nSPS) is 24.2. The number of aromatic nitrogens is 2. The first-order valence-corrected chi connectivity index (χ1v) is 14.0. The molecule has 1 spiro atoms. The number of hydrogen-bond donors (Lipinski definition) is 1. The second-order valence-electron chi connectivity index (χ2n) is 11.0. The van der Waals surface area contributed by atoms with Crippen LogP contribution in [0.5, 0.6) is 5.75 Å². The van der Waals surface area contributed by atoms with Crippen molar-refractivity contribution in [1.29, 1.82) is 0 Å². The fourth-order valence-electron chi connectivity index (χ4n) is 6.27. The Bertz CT molecular complexity index is 1080. The average Bonchev–Trinajstić information content (AvgIpc) is 3.50. The predicted octanol–water partition coefficient (Wildman–Crippen LogP) is 4.62. The minimum atomic E-state index is -0.380. The molecule has 1 saturated carbocycles. The summed E-state index contributed by atoms with van der Waals surface area (Å²) in [5.74, 6) is 1.49. The van der Waals surface area contributed by atoms with Crippen LogP contribution in [0.25, 0.3) is 0 Å². The number of benzene rings is 1. The molecule has 0 radical (unpaired) electrons. The monoisotopic (exact) mass is 529 g/mol. The maximum Gasteiger partial charge on any atom is 0.227 e. The molecule has 3 heterocycles. The van der Waals surface area contributed by atoms with Crippen LogP contribution in [0.4, 0.5) is 10.3 Å². The molecule has 1 aromatic heterocycles. The first kappa shape index (κ1) is 26.2. The van der Waals surface area contributed by atoms with Gasteiger partial charge in [-0.25, -0.2) is 14.4 Å². The van der Waals surface area contributed by atoms with E-state index in [1.54, 1.807) is 24.5 Å². The third-order valence-electron chi connectivity index (χ3n) is 8.61. The van der Waals surface area contributed by atoms with Crippen LogP contribution < -0.4 is 15.4 Å². The van der Waals surface area contributed by atoms with E-state index in [1.165, 1.54) is 6.07 Å². The van der Waals surface area contributed by atoms with Gasteiger partial charge in [-0.15, -0.1) is 0 Å². The molecule has 3 aliphatic rings. The van der Waals surface area contributed by atoms with Gasteiger partial charge in [0, 0.05) is 43.7 Å². The van der Waals surface area contributed by atoms with Crippen LogP contribution in [0, 0.1) is 17.2 Å². The van der Waals surface area contributed by atoms with Crippen molar-refractivity contribution in [3.8, 4) is 5.75 Å². The number of anilines is 1. The van der Waals surface area contributed by atoms with Gasteiger partial charge in [-0.05, 0) is 62.5 Å². The number of rotatable bonds is 8. The van der Waals surface area contributed by atoms with Crippen molar-refractivity contribution in [3.63, 3.8) is 0 Å². The second-order valence-corrected chi connectivity index (χ2v) is 11.4. The van der Waals surface area contributed by atoms with Gasteiger partial charge >= 0.3 is 0 Å². The highest BCUT2D eigenvalue weighted by Crippen LogP contribution is 2.44. The maximum atomic E-state index is 14.8. The zero-order valence-corrected chi connectivity index (χ0v) is 22.1. The van der Waals surface area contributed by atoms with Crippen LogP contribution in [0.3, 0.4) is 0 Å². The molecule has 200 valence electrons. The van der Waals surface area contributed by atoms with Crippen molar-refractivity contribution in [2.75, 3.05) is 37.7 Å². The molecule has 37 heavy (non-hydrogen) atoms. The zero-order valence-electron chi connectivity index (χ0n) is 21.4. The smallest absolute Gasteiger partial charge is 0.227 e. The van der Waals surface area contributed by atoms with Gasteiger partial charge in [0.1, 0.15) is 11.6 Å². The van der Waals surface area contributed by atoms with E-state index in [2.05, 4.69) is 14.9 Å². The lowest BCUT2D eigenvalue weighted by Crippen LogP contribution is -2.41. The van der Waals surface area contributed by atoms with E-state index >= 15 is 0 Å². The Morgan fingerprint density at radius 1 is 1.16 bits per heavy atom. The third kappa shape index (κ3) is 6.17. The predicted molar refractivity (Wildman–Crippen MR) is 142 cm³/mol. The highest BCUT2D eigenvalue weighted by molar-refractivity contribution is 6.30. The van der Waals surface area contributed by atoms with Crippen molar-refractivity contribution in [2.24, 2.45) is 17.1 Å². The van der Waals surface area contributed by atoms with E-state index < -0.39 is 0 Å². The van der Waals surface area contributed by atoms with E-state index in [-0.39, 0.29) is 29.6 Å². The number of carbonyl (C=O) groups is 1. The van der Waals surface area contributed by atoms with Gasteiger partial charge in [-0.2, -0.15) is 0 Å². The van der Waals surface area contributed by atoms with Crippen LogP contribution in [-0.2, 0) is 11.2 Å². The lowest BCUT2D eigenvalue weighted by atomic mass is 9.82. The fraction of sp³-hybridized carbons (Fsp3) is 0.607. The number of carbonyl (C=O) groups excluding carboxylic acids is 1. The minimum Gasteiger partial charge on any atom is -0.493 e. The number of nitrogens with zero attached hydrogens (tertiary/aromatic N) is 4. The Labute approximate surface area is 223 Å². The summed E-state index contributed by atoms with van der Waals surface area (Å²) in [6.45, 7) is 3.86. The van der Waals surface area contributed by atoms with Crippen LogP contribution in [-0.4, -0.2) is 59.6 Å². The molecule has 1 aliphatic carbocycles. The van der Waals surface area contributed by atoms with Crippen LogP contribution in [0.15, 0.2) is 30.6 Å². The molecule has 0 bridgehead atoms.